The lowest BCUT2D eigenvalue weighted by atomic mass is 9.44. The quantitative estimate of drug-likeness (QED) is 0.0208. The van der Waals surface area contributed by atoms with E-state index in [-0.39, 0.29) is 55.3 Å². The second kappa shape index (κ2) is 46.1. The van der Waals surface area contributed by atoms with E-state index < -0.39 is 37.3 Å². The Kier molecular flexibility index (Phi) is 39.7. The number of hydrogen-bond acceptors (Lipinski definition) is 16. The molecule has 6 unspecified atom stereocenters. The molecule has 1 aliphatic heterocycles. The Bertz CT molecular complexity index is 1990. The maximum atomic E-state index is 12.9. The average molecular weight is 1290 g/mol. The van der Waals surface area contributed by atoms with E-state index in [9.17, 15) is 39.6 Å². The molecule has 528 valence electrons. The van der Waals surface area contributed by atoms with Gasteiger partial charge in [0.25, 0.3) is 0 Å². The molecule has 0 spiro atoms. The second-order valence-corrected chi connectivity index (χ2v) is 27.7. The Hall–Kier alpha value is -3.18. The largest absolute Gasteiger partial charge is 0.449 e. The van der Waals surface area contributed by atoms with Crippen LogP contribution in [-0.2, 0) is 47.5 Å². The first-order chi connectivity index (χ1) is 44.2. The molecule has 4 saturated carbocycles. The molecule has 0 bridgehead atoms. The predicted octanol–water partition coefficient (Wildman–Crippen LogP) is 10.8. The zero-order chi connectivity index (χ0) is 65.4. The average Bonchev–Trinajstić information content (AvgIpc) is 1.72. The number of allylic oxidation sites excluding steroid dienone is 2. The molecular formula is C71H128N4O16. The van der Waals surface area contributed by atoms with Gasteiger partial charge in [0.15, 0.2) is 6.29 Å². The molecule has 0 radical (unpaired) electrons. The Morgan fingerprint density at radius 1 is 0.538 bits per heavy atom. The van der Waals surface area contributed by atoms with Crippen LogP contribution in [0.5, 0.6) is 0 Å². The molecule has 8 N–H and O–H groups in total. The fraction of sp³-hybridized carbons (Fsp3) is 0.915. The maximum absolute atomic E-state index is 12.9. The summed E-state index contributed by atoms with van der Waals surface area (Å²) >= 11 is 0. The van der Waals surface area contributed by atoms with E-state index in [1.54, 1.807) is 0 Å². The summed E-state index contributed by atoms with van der Waals surface area (Å²) in [6, 6.07) is 0. The predicted molar refractivity (Wildman–Crippen MR) is 352 cm³/mol. The molecule has 14 atom stereocenters. The molecule has 4 amide bonds. The van der Waals surface area contributed by atoms with Gasteiger partial charge in [0.2, 0.25) is 11.8 Å². The van der Waals surface area contributed by atoms with Gasteiger partial charge in [0, 0.05) is 52.2 Å². The third-order valence-corrected chi connectivity index (χ3v) is 21.1. The Labute approximate surface area is 547 Å². The molecule has 0 aromatic carbocycles. The lowest BCUT2D eigenvalue weighted by Gasteiger charge is -2.61. The lowest BCUT2D eigenvalue weighted by Crippen LogP contribution is -2.59. The normalized spacial score (nSPS) is 28.2. The molecule has 4 aliphatic carbocycles. The number of amides is 4. The fourth-order valence-electron chi connectivity index (χ4n) is 15.8. The van der Waals surface area contributed by atoms with Gasteiger partial charge in [-0.3, -0.25) is 9.59 Å². The van der Waals surface area contributed by atoms with E-state index in [0.717, 1.165) is 94.8 Å². The van der Waals surface area contributed by atoms with Crippen molar-refractivity contribution in [3.63, 3.8) is 0 Å². The van der Waals surface area contributed by atoms with Gasteiger partial charge in [-0.25, -0.2) is 9.59 Å². The van der Waals surface area contributed by atoms with Crippen LogP contribution < -0.4 is 21.3 Å². The zero-order valence-electron chi connectivity index (χ0n) is 57.0. The molecule has 5 aliphatic rings. The minimum absolute atomic E-state index is 0.0254. The van der Waals surface area contributed by atoms with Crippen LogP contribution in [0.1, 0.15) is 233 Å². The van der Waals surface area contributed by atoms with Crippen molar-refractivity contribution < 1.29 is 77.5 Å². The summed E-state index contributed by atoms with van der Waals surface area (Å²) in [6.07, 6.45) is 32.6. The van der Waals surface area contributed by atoms with Crippen molar-refractivity contribution in [1.82, 2.24) is 21.3 Å². The Morgan fingerprint density at radius 2 is 1.09 bits per heavy atom. The van der Waals surface area contributed by atoms with Crippen molar-refractivity contribution in [3.05, 3.63) is 12.2 Å². The summed E-state index contributed by atoms with van der Waals surface area (Å²) in [5.74, 6) is 3.65. The summed E-state index contributed by atoms with van der Waals surface area (Å²) in [5.41, 5.74) is 0.582. The smallest absolute Gasteiger partial charge is 0.407 e. The molecule has 20 heteroatoms. The van der Waals surface area contributed by atoms with Gasteiger partial charge in [-0.15, -0.1) is 0 Å². The minimum Gasteiger partial charge on any atom is -0.449 e. The summed E-state index contributed by atoms with van der Waals surface area (Å²) in [6.45, 7) is 15.1. The summed E-state index contributed by atoms with van der Waals surface area (Å²) in [5, 5.41) is 50.7. The van der Waals surface area contributed by atoms with E-state index in [0.29, 0.717) is 108 Å². The number of fused-ring (bicyclic) bond motifs is 5. The molecule has 20 nitrogen and oxygen atoms in total. The van der Waals surface area contributed by atoms with Crippen molar-refractivity contribution in [1.29, 1.82) is 0 Å². The third-order valence-electron chi connectivity index (χ3n) is 21.1. The third kappa shape index (κ3) is 29.0. The molecule has 5 rings (SSSR count). The number of rotatable bonds is 50. The molecule has 0 aromatic rings. The number of unbranched alkanes of at least 4 members (excludes halogenated alkanes) is 16. The van der Waals surface area contributed by atoms with Gasteiger partial charge in [-0.1, -0.05) is 110 Å². The van der Waals surface area contributed by atoms with Gasteiger partial charge >= 0.3 is 12.2 Å². The summed E-state index contributed by atoms with van der Waals surface area (Å²) in [7, 11) is 0. The van der Waals surface area contributed by atoms with Crippen molar-refractivity contribution in [3.8, 4) is 0 Å². The van der Waals surface area contributed by atoms with E-state index in [1.807, 2.05) is 0 Å². The van der Waals surface area contributed by atoms with Crippen molar-refractivity contribution in [2.75, 3.05) is 98.9 Å². The first kappa shape index (κ1) is 78.5. The van der Waals surface area contributed by atoms with Crippen LogP contribution in [-0.4, -0.2) is 180 Å². The van der Waals surface area contributed by atoms with Gasteiger partial charge in [-0.05, 0) is 168 Å². The number of nitrogens with one attached hydrogen (secondary N) is 4. The number of carbonyl (C=O) groups is 4. The highest BCUT2D eigenvalue weighted by Crippen LogP contribution is 2.68. The van der Waals surface area contributed by atoms with Crippen LogP contribution in [0.4, 0.5) is 9.59 Å². The van der Waals surface area contributed by atoms with Gasteiger partial charge in [0.1, 0.15) is 30.5 Å². The van der Waals surface area contributed by atoms with E-state index >= 15 is 0 Å². The van der Waals surface area contributed by atoms with E-state index in [4.69, 9.17) is 37.9 Å². The molecule has 1 saturated heterocycles. The maximum Gasteiger partial charge on any atom is 0.407 e. The molecule has 0 aromatic heterocycles. The standard InChI is InChI=1S/C71H128N4O16/c1-5-6-7-8-9-10-11-12-13-14-15-16-17-18-19-24-39-75-69(83)90-56-34-36-70(3)55(51-56)30-31-57-59-33-32-58(71(59,4)37-35-60(57)70)54(2)53-89-68(82)74-38-25-20-22-28-62(77)72-40-27-43-85-46-45-84-42-26-21-23-29-63(78)73-41-44-86-47-48-87-49-50-88-67-66(81)65(80)64(79)61(52-76)91-67/h12-13,54-61,64-67,76,79-81H,5-11,14-53H2,1-4H3,(H,72,77)(H,73,78)(H,74,82)(H,75,83)/b13-12-/t54-,55?,56-,57?,58-,59?,60?,61?,64+,65+,66?,67-,70+,71-/m1/s1. The second-order valence-electron chi connectivity index (χ2n) is 27.7. The topological polar surface area (TPSA) is 271 Å². The first-order valence-electron chi connectivity index (χ1n) is 36.5. The SMILES string of the molecule is CCCCCCCC/C=C\CCCCCCCCNC(=O)O[C@@H]1CC[C@@]2(C)C(CCC3C2CC[C@@]2(C)C3CC[C@@H]2[C@H](C)COC(=O)NCCCCCC(=O)NCCCOCCOCCCCCC(=O)NCCOCCOCCO[C@@H]2OC(CO)[C@H](O)[C@H](O)C2O)C1. The number of carbonyl (C=O) groups excluding carboxylic acids is 4. The Balaban J connectivity index is 0.763. The number of alkyl carbamates (subject to hydrolysis) is 2. The van der Waals surface area contributed by atoms with Crippen LogP contribution in [0.2, 0.25) is 0 Å². The lowest BCUT2D eigenvalue weighted by molar-refractivity contribution is -0.302. The van der Waals surface area contributed by atoms with Gasteiger partial charge in [-0.2, -0.15) is 0 Å². The summed E-state index contributed by atoms with van der Waals surface area (Å²) < 4.78 is 44.8. The highest BCUT2D eigenvalue weighted by Gasteiger charge is 2.61. The van der Waals surface area contributed by atoms with Crippen molar-refractivity contribution in [2.45, 2.75) is 270 Å². The van der Waals surface area contributed by atoms with E-state index in [1.165, 1.54) is 116 Å². The molecule has 5 fully saturated rings. The van der Waals surface area contributed by atoms with Crippen molar-refractivity contribution >= 4 is 24.0 Å². The number of aliphatic hydroxyl groups is 4. The van der Waals surface area contributed by atoms with Crippen LogP contribution in [0.3, 0.4) is 0 Å². The zero-order valence-corrected chi connectivity index (χ0v) is 57.0. The molecule has 91 heavy (non-hydrogen) atoms. The summed E-state index contributed by atoms with van der Waals surface area (Å²) in [4.78, 5) is 50.2. The Morgan fingerprint density at radius 3 is 1.77 bits per heavy atom. The van der Waals surface area contributed by atoms with Crippen LogP contribution in [0.15, 0.2) is 12.2 Å². The van der Waals surface area contributed by atoms with Crippen LogP contribution in [0, 0.1) is 46.3 Å². The monoisotopic (exact) mass is 1290 g/mol. The fourth-order valence-corrected chi connectivity index (χ4v) is 15.8. The molecule has 1 heterocycles. The number of ether oxygens (including phenoxy) is 8. The van der Waals surface area contributed by atoms with Gasteiger partial charge < -0.3 is 79.6 Å². The van der Waals surface area contributed by atoms with E-state index in [2.05, 4.69) is 61.1 Å². The van der Waals surface area contributed by atoms with Gasteiger partial charge in [0.05, 0.1) is 59.5 Å². The number of aliphatic hydroxyl groups excluding tert-OH is 4. The first-order valence-corrected chi connectivity index (χ1v) is 36.5. The van der Waals surface area contributed by atoms with Crippen molar-refractivity contribution in [2.24, 2.45) is 46.3 Å². The molecular weight excluding hydrogens is 1160 g/mol. The number of hydrogen-bond donors (Lipinski definition) is 8. The van der Waals surface area contributed by atoms with Crippen LogP contribution >= 0.6 is 0 Å². The minimum atomic E-state index is -1.49. The highest BCUT2D eigenvalue weighted by molar-refractivity contribution is 5.76. The highest BCUT2D eigenvalue weighted by atomic mass is 16.7. The van der Waals surface area contributed by atoms with Crippen LogP contribution in [0.25, 0.3) is 0 Å².